The van der Waals surface area contributed by atoms with Crippen molar-refractivity contribution in [1.29, 1.82) is 0 Å². The Morgan fingerprint density at radius 3 is 2.08 bits per heavy atom. The number of carboxylic acids is 1. The van der Waals surface area contributed by atoms with Crippen LogP contribution in [0.3, 0.4) is 0 Å². The van der Waals surface area contributed by atoms with Crippen molar-refractivity contribution in [3.8, 4) is 11.1 Å². The lowest BCUT2D eigenvalue weighted by molar-refractivity contribution is -0.384. The molecule has 0 fully saturated rings. The van der Waals surface area contributed by atoms with Crippen LogP contribution in [0.25, 0.3) is 11.1 Å². The molecule has 10 heteroatoms. The fourth-order valence-electron chi connectivity index (χ4n) is 4.21. The second-order valence-corrected chi connectivity index (χ2v) is 8.25. The van der Waals surface area contributed by atoms with Crippen LogP contribution < -0.4 is 10.6 Å². The first-order valence-electron chi connectivity index (χ1n) is 11.2. The Morgan fingerprint density at radius 2 is 1.53 bits per heavy atom. The fraction of sp³-hybridized carbons (Fsp3) is 0.192. The van der Waals surface area contributed by atoms with Gasteiger partial charge in [-0.25, -0.2) is 9.59 Å². The minimum Gasteiger partial charge on any atom is -0.480 e. The Kier molecular flexibility index (Phi) is 7.24. The topological polar surface area (TPSA) is 148 Å². The van der Waals surface area contributed by atoms with Gasteiger partial charge in [0.15, 0.2) is 0 Å². The summed E-state index contributed by atoms with van der Waals surface area (Å²) in [7, 11) is 0. The summed E-state index contributed by atoms with van der Waals surface area (Å²) >= 11 is 0. The van der Waals surface area contributed by atoms with Crippen molar-refractivity contribution >= 4 is 29.3 Å². The molecule has 1 aliphatic rings. The Balaban J connectivity index is 1.30. The molecule has 0 saturated heterocycles. The van der Waals surface area contributed by atoms with Crippen molar-refractivity contribution in [2.45, 2.75) is 24.8 Å². The van der Waals surface area contributed by atoms with Gasteiger partial charge >= 0.3 is 12.1 Å². The molecule has 10 nitrogen and oxygen atoms in total. The number of nitro benzene ring substituents is 1. The maximum absolute atomic E-state index is 12.4. The Bertz CT molecular complexity index is 1260. The number of nitrogens with one attached hydrogen (secondary N) is 2. The fourth-order valence-corrected chi connectivity index (χ4v) is 4.21. The number of hydrogen-bond acceptors (Lipinski definition) is 6. The highest BCUT2D eigenvalue weighted by molar-refractivity contribution is 5.91. The van der Waals surface area contributed by atoms with Gasteiger partial charge in [-0.1, -0.05) is 48.5 Å². The van der Waals surface area contributed by atoms with E-state index in [-0.39, 0.29) is 31.1 Å². The summed E-state index contributed by atoms with van der Waals surface area (Å²) in [5.74, 6) is -1.96. The number of carbonyl (C=O) groups excluding carboxylic acids is 2. The van der Waals surface area contributed by atoms with Crippen molar-refractivity contribution in [2.75, 3.05) is 11.9 Å². The van der Waals surface area contributed by atoms with Crippen molar-refractivity contribution < 1.29 is 29.2 Å². The summed E-state index contributed by atoms with van der Waals surface area (Å²) in [5.41, 5.74) is 4.43. The van der Waals surface area contributed by atoms with Gasteiger partial charge in [0.1, 0.15) is 12.6 Å². The van der Waals surface area contributed by atoms with E-state index in [0.29, 0.717) is 5.69 Å². The van der Waals surface area contributed by atoms with Gasteiger partial charge in [-0.05, 0) is 40.8 Å². The molecule has 184 valence electrons. The highest BCUT2D eigenvalue weighted by Crippen LogP contribution is 2.44. The maximum atomic E-state index is 12.4. The monoisotopic (exact) mass is 489 g/mol. The first kappa shape index (κ1) is 24.4. The zero-order chi connectivity index (χ0) is 25.7. The summed E-state index contributed by atoms with van der Waals surface area (Å²) in [6.07, 6.45) is -1.25. The summed E-state index contributed by atoms with van der Waals surface area (Å²) in [5, 5.41) is 25.0. The van der Waals surface area contributed by atoms with Gasteiger partial charge in [0.05, 0.1) is 4.92 Å². The van der Waals surface area contributed by atoms with Crippen LogP contribution in [-0.4, -0.2) is 40.6 Å². The van der Waals surface area contributed by atoms with Crippen LogP contribution in [0, 0.1) is 10.1 Å². The highest BCUT2D eigenvalue weighted by atomic mass is 16.6. The average Bonchev–Trinajstić information content (AvgIpc) is 3.19. The molecule has 1 aliphatic carbocycles. The number of carbonyl (C=O) groups is 3. The van der Waals surface area contributed by atoms with Crippen molar-refractivity contribution in [3.63, 3.8) is 0 Å². The molecule has 4 rings (SSSR count). The lowest BCUT2D eigenvalue weighted by atomic mass is 9.98. The van der Waals surface area contributed by atoms with Crippen LogP contribution in [0.2, 0.25) is 0 Å². The van der Waals surface area contributed by atoms with Crippen molar-refractivity contribution in [3.05, 3.63) is 94.0 Å². The van der Waals surface area contributed by atoms with E-state index < -0.39 is 28.9 Å². The molecule has 0 unspecified atom stereocenters. The number of alkyl carbamates (subject to hydrolysis) is 1. The number of benzene rings is 3. The second-order valence-electron chi connectivity index (χ2n) is 8.25. The predicted molar refractivity (Wildman–Crippen MR) is 131 cm³/mol. The zero-order valence-electron chi connectivity index (χ0n) is 19.0. The second kappa shape index (κ2) is 10.7. The Labute approximate surface area is 206 Å². The van der Waals surface area contributed by atoms with Gasteiger partial charge < -0.3 is 20.5 Å². The highest BCUT2D eigenvalue weighted by Gasteiger charge is 2.29. The zero-order valence-corrected chi connectivity index (χ0v) is 19.0. The van der Waals surface area contributed by atoms with Crippen LogP contribution in [-0.2, 0) is 14.3 Å². The van der Waals surface area contributed by atoms with Crippen LogP contribution in [0.1, 0.15) is 29.9 Å². The van der Waals surface area contributed by atoms with E-state index in [4.69, 9.17) is 4.74 Å². The number of hydrogen-bond donors (Lipinski definition) is 3. The quantitative estimate of drug-likeness (QED) is 0.300. The molecule has 3 aromatic carbocycles. The molecular weight excluding hydrogens is 466 g/mol. The molecule has 36 heavy (non-hydrogen) atoms. The molecule has 3 N–H and O–H groups in total. The van der Waals surface area contributed by atoms with Gasteiger partial charge in [0, 0.05) is 30.2 Å². The number of amides is 2. The average molecular weight is 489 g/mol. The van der Waals surface area contributed by atoms with E-state index >= 15 is 0 Å². The molecule has 0 aliphatic heterocycles. The van der Waals surface area contributed by atoms with Crippen LogP contribution in [0.4, 0.5) is 16.2 Å². The molecule has 0 heterocycles. The lowest BCUT2D eigenvalue weighted by Crippen LogP contribution is -2.42. The number of carboxylic acid groups (broad SMARTS) is 1. The number of ether oxygens (including phenoxy) is 1. The molecule has 0 bridgehead atoms. The largest absolute Gasteiger partial charge is 0.480 e. The van der Waals surface area contributed by atoms with Gasteiger partial charge in [-0.2, -0.15) is 0 Å². The maximum Gasteiger partial charge on any atom is 0.407 e. The Morgan fingerprint density at radius 1 is 0.944 bits per heavy atom. The third-order valence-corrected chi connectivity index (χ3v) is 5.96. The van der Waals surface area contributed by atoms with Gasteiger partial charge in [0.25, 0.3) is 5.69 Å². The molecular formula is C26H23N3O7. The number of nitro groups is 1. The predicted octanol–water partition coefficient (Wildman–Crippen LogP) is 4.31. The summed E-state index contributed by atoms with van der Waals surface area (Å²) in [6.45, 7) is 0.0346. The van der Waals surface area contributed by atoms with E-state index in [1.54, 1.807) is 0 Å². The summed E-state index contributed by atoms with van der Waals surface area (Å²) < 4.78 is 5.38. The van der Waals surface area contributed by atoms with E-state index in [2.05, 4.69) is 10.6 Å². The van der Waals surface area contributed by atoms with Crippen LogP contribution in [0.15, 0.2) is 72.8 Å². The number of anilines is 1. The SMILES string of the molecule is O=C(CC[C@H](NC(=O)OCC1c2ccccc2-c2ccccc21)C(=O)O)Nc1ccc([N+](=O)[O-])cc1. The molecule has 0 aromatic heterocycles. The number of aliphatic carboxylic acids is 1. The van der Waals surface area contributed by atoms with E-state index in [1.807, 2.05) is 48.5 Å². The van der Waals surface area contributed by atoms with Gasteiger partial charge in [-0.15, -0.1) is 0 Å². The summed E-state index contributed by atoms with van der Waals surface area (Å²) in [6, 6.07) is 19.6. The Hall–Kier alpha value is -4.73. The standard InChI is InChI=1S/C26H23N3O7/c30-24(27-16-9-11-17(12-10-16)29(34)35)14-13-23(25(31)32)28-26(33)36-15-22-20-7-3-1-5-18(20)19-6-2-4-8-21(19)22/h1-12,22-23H,13-15H2,(H,27,30)(H,28,33)(H,31,32)/t23-/m0/s1. The lowest BCUT2D eigenvalue weighted by Gasteiger charge is -2.17. The number of fused-ring (bicyclic) bond motifs is 3. The molecule has 2 amide bonds. The minimum absolute atomic E-state index is 0.0346. The van der Waals surface area contributed by atoms with Gasteiger partial charge in [-0.3, -0.25) is 14.9 Å². The number of non-ortho nitro benzene ring substituents is 1. The van der Waals surface area contributed by atoms with Crippen molar-refractivity contribution in [2.24, 2.45) is 0 Å². The van der Waals surface area contributed by atoms with Crippen LogP contribution in [0.5, 0.6) is 0 Å². The molecule has 1 atom stereocenters. The number of nitrogens with zero attached hydrogens (tertiary/aromatic N) is 1. The first-order chi connectivity index (χ1) is 17.3. The van der Waals surface area contributed by atoms with E-state index in [9.17, 15) is 29.6 Å². The normalized spacial score (nSPS) is 12.7. The van der Waals surface area contributed by atoms with E-state index in [0.717, 1.165) is 22.3 Å². The smallest absolute Gasteiger partial charge is 0.407 e. The van der Waals surface area contributed by atoms with Crippen LogP contribution >= 0.6 is 0 Å². The van der Waals surface area contributed by atoms with E-state index in [1.165, 1.54) is 24.3 Å². The summed E-state index contributed by atoms with van der Waals surface area (Å²) in [4.78, 5) is 46.4. The third-order valence-electron chi connectivity index (χ3n) is 5.96. The minimum atomic E-state index is -1.33. The molecule has 3 aromatic rings. The molecule has 0 spiro atoms. The van der Waals surface area contributed by atoms with Crippen molar-refractivity contribution in [1.82, 2.24) is 5.32 Å². The third kappa shape index (κ3) is 5.49. The molecule has 0 radical (unpaired) electrons. The van der Waals surface area contributed by atoms with Gasteiger partial charge in [0.2, 0.25) is 5.91 Å². The molecule has 0 saturated carbocycles. The number of rotatable bonds is 9. The first-order valence-corrected chi connectivity index (χ1v) is 11.2.